The molecule has 0 spiro atoms. The molecule has 0 aliphatic carbocycles. The van der Waals surface area contributed by atoms with Crippen molar-refractivity contribution in [3.05, 3.63) is 23.8 Å². The van der Waals surface area contributed by atoms with Crippen LogP contribution in [0.15, 0.2) is 18.2 Å². The molecule has 0 radical (unpaired) electrons. The Morgan fingerprint density at radius 3 is 2.39 bits per heavy atom. The first kappa shape index (κ1) is 17.1. The molecule has 0 saturated heterocycles. The van der Waals surface area contributed by atoms with E-state index in [0.29, 0.717) is 12.5 Å². The zero-order chi connectivity index (χ0) is 12.8. The third kappa shape index (κ3) is 4.75. The molecule has 4 heteroatoms. The van der Waals surface area contributed by atoms with Crippen LogP contribution in [0.5, 0.6) is 11.5 Å². The lowest BCUT2D eigenvalue weighted by molar-refractivity contribution is 0.310. The number of benzene rings is 1. The third-order valence-corrected chi connectivity index (χ3v) is 2.64. The van der Waals surface area contributed by atoms with E-state index >= 15 is 0 Å². The highest BCUT2D eigenvalue weighted by molar-refractivity contribution is 5.85. The summed E-state index contributed by atoms with van der Waals surface area (Å²) >= 11 is 0. The van der Waals surface area contributed by atoms with Crippen molar-refractivity contribution in [3.8, 4) is 11.5 Å². The summed E-state index contributed by atoms with van der Waals surface area (Å²) in [7, 11) is 1.64. The first-order valence-corrected chi connectivity index (χ1v) is 6.14. The summed E-state index contributed by atoms with van der Waals surface area (Å²) in [6, 6.07) is 5.96. The minimum atomic E-state index is 0. The standard InChI is InChI=1S/C14H23NO2.ClH/c1-5-17-14-9-11(6-7-13(14)16-4)12(15)8-10(2)3;/h6-7,9-10,12H,5,8,15H2,1-4H3;1H/t12-;/m1./s1. The van der Waals surface area contributed by atoms with Crippen molar-refractivity contribution in [2.24, 2.45) is 11.7 Å². The minimum absolute atomic E-state index is 0. The second-order valence-corrected chi connectivity index (χ2v) is 4.58. The fourth-order valence-corrected chi connectivity index (χ4v) is 1.84. The van der Waals surface area contributed by atoms with E-state index in [1.165, 1.54) is 0 Å². The topological polar surface area (TPSA) is 44.5 Å². The van der Waals surface area contributed by atoms with E-state index in [4.69, 9.17) is 15.2 Å². The van der Waals surface area contributed by atoms with Gasteiger partial charge in [0, 0.05) is 6.04 Å². The van der Waals surface area contributed by atoms with Crippen LogP contribution in [0.3, 0.4) is 0 Å². The van der Waals surface area contributed by atoms with Crippen LogP contribution in [0.25, 0.3) is 0 Å². The van der Waals surface area contributed by atoms with Crippen molar-refractivity contribution in [1.29, 1.82) is 0 Å². The van der Waals surface area contributed by atoms with Crippen LogP contribution in [-0.4, -0.2) is 13.7 Å². The summed E-state index contributed by atoms with van der Waals surface area (Å²) in [6.07, 6.45) is 0.970. The zero-order valence-electron chi connectivity index (χ0n) is 11.6. The maximum absolute atomic E-state index is 6.16. The van der Waals surface area contributed by atoms with Gasteiger partial charge in [-0.05, 0) is 37.0 Å². The number of rotatable bonds is 6. The highest BCUT2D eigenvalue weighted by atomic mass is 35.5. The van der Waals surface area contributed by atoms with Gasteiger partial charge < -0.3 is 15.2 Å². The number of nitrogens with two attached hydrogens (primary N) is 1. The van der Waals surface area contributed by atoms with E-state index in [9.17, 15) is 0 Å². The molecule has 1 aromatic carbocycles. The summed E-state index contributed by atoms with van der Waals surface area (Å²) in [4.78, 5) is 0. The monoisotopic (exact) mass is 273 g/mol. The van der Waals surface area contributed by atoms with Crippen molar-refractivity contribution in [2.75, 3.05) is 13.7 Å². The first-order chi connectivity index (χ1) is 8.08. The molecule has 0 aliphatic heterocycles. The summed E-state index contributed by atoms with van der Waals surface area (Å²) in [5, 5.41) is 0. The van der Waals surface area contributed by atoms with E-state index in [2.05, 4.69) is 13.8 Å². The normalized spacial score (nSPS) is 11.9. The molecule has 0 unspecified atom stereocenters. The molecular formula is C14H24ClNO2. The fraction of sp³-hybridized carbons (Fsp3) is 0.571. The Hall–Kier alpha value is -0.930. The molecular weight excluding hydrogens is 250 g/mol. The smallest absolute Gasteiger partial charge is 0.161 e. The SMILES string of the molecule is CCOc1cc([C@H](N)CC(C)C)ccc1OC.Cl. The van der Waals surface area contributed by atoms with Crippen molar-refractivity contribution in [2.45, 2.75) is 33.2 Å². The second kappa shape index (κ2) is 8.22. The predicted octanol–water partition coefficient (Wildman–Crippen LogP) is 3.56. The minimum Gasteiger partial charge on any atom is -0.493 e. The predicted molar refractivity (Wildman–Crippen MR) is 77.8 cm³/mol. The molecule has 18 heavy (non-hydrogen) atoms. The lowest BCUT2D eigenvalue weighted by atomic mass is 9.97. The molecule has 1 atom stereocenters. The van der Waals surface area contributed by atoms with Crippen molar-refractivity contribution in [1.82, 2.24) is 0 Å². The summed E-state index contributed by atoms with van der Waals surface area (Å²) < 4.78 is 10.8. The molecule has 0 bridgehead atoms. The Balaban J connectivity index is 0.00000289. The number of hydrogen-bond donors (Lipinski definition) is 1. The van der Waals surface area contributed by atoms with Crippen LogP contribution >= 0.6 is 12.4 Å². The molecule has 2 N–H and O–H groups in total. The van der Waals surface area contributed by atoms with Gasteiger partial charge in [-0.3, -0.25) is 0 Å². The maximum atomic E-state index is 6.16. The van der Waals surface area contributed by atoms with Gasteiger partial charge in [0.15, 0.2) is 11.5 Å². The summed E-state index contributed by atoms with van der Waals surface area (Å²) in [6.45, 7) is 6.93. The van der Waals surface area contributed by atoms with Crippen molar-refractivity contribution in [3.63, 3.8) is 0 Å². The van der Waals surface area contributed by atoms with E-state index in [-0.39, 0.29) is 18.4 Å². The van der Waals surface area contributed by atoms with E-state index in [1.54, 1.807) is 7.11 Å². The molecule has 3 nitrogen and oxygen atoms in total. The summed E-state index contributed by atoms with van der Waals surface area (Å²) in [5.41, 5.74) is 7.26. The van der Waals surface area contributed by atoms with Gasteiger partial charge in [0.25, 0.3) is 0 Å². The van der Waals surface area contributed by atoms with Gasteiger partial charge in [-0.15, -0.1) is 12.4 Å². The molecule has 0 fully saturated rings. The number of hydrogen-bond acceptors (Lipinski definition) is 3. The van der Waals surface area contributed by atoms with Crippen LogP contribution in [0, 0.1) is 5.92 Å². The zero-order valence-corrected chi connectivity index (χ0v) is 12.4. The Morgan fingerprint density at radius 1 is 1.22 bits per heavy atom. The molecule has 0 aliphatic rings. The van der Waals surface area contributed by atoms with Crippen LogP contribution in [-0.2, 0) is 0 Å². The first-order valence-electron chi connectivity index (χ1n) is 6.14. The Morgan fingerprint density at radius 2 is 1.89 bits per heavy atom. The summed E-state index contributed by atoms with van der Waals surface area (Å²) in [5.74, 6) is 2.11. The second-order valence-electron chi connectivity index (χ2n) is 4.58. The number of methoxy groups -OCH3 is 1. The molecule has 0 aromatic heterocycles. The Kier molecular flexibility index (Phi) is 7.80. The van der Waals surface area contributed by atoms with Crippen molar-refractivity contribution >= 4 is 12.4 Å². The van der Waals surface area contributed by atoms with Crippen LogP contribution in [0.2, 0.25) is 0 Å². The molecule has 0 saturated carbocycles. The Labute approximate surface area is 116 Å². The van der Waals surface area contributed by atoms with Crippen LogP contribution in [0.4, 0.5) is 0 Å². The Bertz CT molecular complexity index is 356. The average Bonchev–Trinajstić information content (AvgIpc) is 2.28. The fourth-order valence-electron chi connectivity index (χ4n) is 1.84. The van der Waals surface area contributed by atoms with E-state index in [1.807, 2.05) is 25.1 Å². The van der Waals surface area contributed by atoms with Crippen LogP contribution in [0.1, 0.15) is 38.8 Å². The quantitative estimate of drug-likeness (QED) is 0.862. The van der Waals surface area contributed by atoms with E-state index in [0.717, 1.165) is 23.5 Å². The van der Waals surface area contributed by atoms with Gasteiger partial charge in [0.1, 0.15) is 0 Å². The van der Waals surface area contributed by atoms with Gasteiger partial charge in [0.2, 0.25) is 0 Å². The lowest BCUT2D eigenvalue weighted by Crippen LogP contribution is -2.13. The highest BCUT2D eigenvalue weighted by Crippen LogP contribution is 2.31. The van der Waals surface area contributed by atoms with Crippen LogP contribution < -0.4 is 15.2 Å². The molecule has 0 amide bonds. The third-order valence-electron chi connectivity index (χ3n) is 2.64. The van der Waals surface area contributed by atoms with Gasteiger partial charge in [-0.2, -0.15) is 0 Å². The van der Waals surface area contributed by atoms with E-state index < -0.39 is 0 Å². The van der Waals surface area contributed by atoms with Gasteiger partial charge in [0.05, 0.1) is 13.7 Å². The number of ether oxygens (including phenoxy) is 2. The average molecular weight is 274 g/mol. The van der Waals surface area contributed by atoms with Crippen molar-refractivity contribution < 1.29 is 9.47 Å². The molecule has 0 heterocycles. The maximum Gasteiger partial charge on any atom is 0.161 e. The molecule has 104 valence electrons. The molecule has 1 aromatic rings. The molecule has 1 rings (SSSR count). The number of halogens is 1. The largest absolute Gasteiger partial charge is 0.493 e. The van der Waals surface area contributed by atoms with Gasteiger partial charge in [-0.25, -0.2) is 0 Å². The highest BCUT2D eigenvalue weighted by Gasteiger charge is 2.12. The van der Waals surface area contributed by atoms with Gasteiger partial charge >= 0.3 is 0 Å². The van der Waals surface area contributed by atoms with Gasteiger partial charge in [-0.1, -0.05) is 19.9 Å². The lowest BCUT2D eigenvalue weighted by Gasteiger charge is -2.17.